The van der Waals surface area contributed by atoms with Crippen molar-refractivity contribution < 1.29 is 31.4 Å². The smallest absolute Gasteiger partial charge is 0.416 e. The van der Waals surface area contributed by atoms with Crippen LogP contribution in [0.5, 0.6) is 5.75 Å². The molecule has 0 aliphatic carbocycles. The number of rotatable bonds is 6. The van der Waals surface area contributed by atoms with E-state index in [9.17, 15) is 26.7 Å². The Labute approximate surface area is 143 Å². The van der Waals surface area contributed by atoms with E-state index in [1.54, 1.807) is 0 Å². The molecule has 1 atom stereocenters. The first-order valence-electron chi connectivity index (χ1n) is 7.12. The summed E-state index contributed by atoms with van der Waals surface area (Å²) in [5, 5.41) is 9.98. The number of aliphatic hydroxyl groups is 1. The minimum Gasteiger partial charge on any atom is -0.497 e. The second kappa shape index (κ2) is 7.42. The molecule has 2 aromatic carbocycles. The molecule has 0 spiro atoms. The average Bonchev–Trinajstić information content (AvgIpc) is 2.59. The fraction of sp³-hybridized carbons (Fsp3) is 0.250. The molecule has 0 fully saturated rings. The Bertz CT molecular complexity index is 803. The van der Waals surface area contributed by atoms with Crippen LogP contribution < -0.4 is 9.46 Å². The third kappa shape index (κ3) is 4.94. The normalized spacial score (nSPS) is 13.5. The van der Waals surface area contributed by atoms with Crippen LogP contribution in [-0.4, -0.2) is 27.2 Å². The molecule has 2 N–H and O–H groups in total. The Kier molecular flexibility index (Phi) is 5.71. The standard InChI is InChI=1S/C16H16F3NO4S/c1-24-13-6-8-14(9-7-13)25(22,23)20-10-15(21)11-2-4-12(5-3-11)16(17,18)19/h2-9,15,20-21H,10H2,1H3. The van der Waals surface area contributed by atoms with Gasteiger partial charge in [-0.1, -0.05) is 12.1 Å². The van der Waals surface area contributed by atoms with Crippen LogP contribution in [0.25, 0.3) is 0 Å². The second-order valence-corrected chi connectivity index (χ2v) is 6.93. The van der Waals surface area contributed by atoms with Gasteiger partial charge in [0.2, 0.25) is 10.0 Å². The minimum absolute atomic E-state index is 0.0204. The van der Waals surface area contributed by atoms with E-state index in [1.807, 2.05) is 0 Å². The average molecular weight is 375 g/mol. The molecule has 5 nitrogen and oxygen atoms in total. The minimum atomic E-state index is -4.47. The first kappa shape index (κ1) is 19.2. The van der Waals surface area contributed by atoms with Crippen molar-refractivity contribution in [2.45, 2.75) is 17.2 Å². The number of halogens is 3. The molecule has 0 saturated heterocycles. The lowest BCUT2D eigenvalue weighted by atomic mass is 10.1. The van der Waals surface area contributed by atoms with Crippen molar-refractivity contribution in [3.05, 3.63) is 59.7 Å². The molecule has 0 bridgehead atoms. The zero-order valence-electron chi connectivity index (χ0n) is 13.1. The van der Waals surface area contributed by atoms with Crippen molar-refractivity contribution in [2.24, 2.45) is 0 Å². The van der Waals surface area contributed by atoms with Gasteiger partial charge in [-0.25, -0.2) is 13.1 Å². The molecule has 9 heteroatoms. The second-order valence-electron chi connectivity index (χ2n) is 5.16. The number of ether oxygens (including phenoxy) is 1. The van der Waals surface area contributed by atoms with E-state index in [0.717, 1.165) is 24.3 Å². The summed E-state index contributed by atoms with van der Waals surface area (Å²) in [5.74, 6) is 0.490. The van der Waals surface area contributed by atoms with Gasteiger partial charge in [-0.2, -0.15) is 13.2 Å². The van der Waals surface area contributed by atoms with Crippen LogP contribution in [0.3, 0.4) is 0 Å². The maximum absolute atomic E-state index is 12.5. The summed E-state index contributed by atoms with van der Waals surface area (Å²) in [6.07, 6.45) is -5.75. The molecule has 25 heavy (non-hydrogen) atoms. The number of sulfonamides is 1. The van der Waals surface area contributed by atoms with Crippen LogP contribution in [0.4, 0.5) is 13.2 Å². The van der Waals surface area contributed by atoms with Crippen LogP contribution in [-0.2, 0) is 16.2 Å². The molecular weight excluding hydrogens is 359 g/mol. The van der Waals surface area contributed by atoms with E-state index in [4.69, 9.17) is 4.74 Å². The number of aliphatic hydroxyl groups excluding tert-OH is 1. The lowest BCUT2D eigenvalue weighted by molar-refractivity contribution is -0.137. The topological polar surface area (TPSA) is 75.6 Å². The predicted molar refractivity (Wildman–Crippen MR) is 84.6 cm³/mol. The Morgan fingerprint density at radius 3 is 2.12 bits per heavy atom. The molecule has 0 aliphatic rings. The Hall–Kier alpha value is -2.10. The van der Waals surface area contributed by atoms with E-state index < -0.39 is 27.9 Å². The van der Waals surface area contributed by atoms with Gasteiger partial charge in [-0.05, 0) is 42.0 Å². The fourth-order valence-corrected chi connectivity index (χ4v) is 3.08. The monoisotopic (exact) mass is 375 g/mol. The summed E-state index contributed by atoms with van der Waals surface area (Å²) in [6.45, 7) is -0.375. The maximum atomic E-state index is 12.5. The summed E-state index contributed by atoms with van der Waals surface area (Å²) >= 11 is 0. The molecule has 2 aromatic rings. The van der Waals surface area contributed by atoms with Gasteiger partial charge in [0, 0.05) is 6.54 Å². The van der Waals surface area contributed by atoms with Gasteiger partial charge in [-0.3, -0.25) is 0 Å². The highest BCUT2D eigenvalue weighted by molar-refractivity contribution is 7.89. The molecule has 0 aliphatic heterocycles. The summed E-state index contributed by atoms with van der Waals surface area (Å²) < 4.78 is 68.9. The first-order chi connectivity index (χ1) is 11.6. The SMILES string of the molecule is COc1ccc(S(=O)(=O)NCC(O)c2ccc(C(F)(F)F)cc2)cc1. The molecule has 2 rings (SSSR count). The van der Waals surface area contributed by atoms with Gasteiger partial charge in [-0.15, -0.1) is 0 Å². The van der Waals surface area contributed by atoms with Crippen molar-refractivity contribution in [2.75, 3.05) is 13.7 Å². The van der Waals surface area contributed by atoms with Crippen LogP contribution in [0.2, 0.25) is 0 Å². The van der Waals surface area contributed by atoms with Crippen molar-refractivity contribution >= 4 is 10.0 Å². The van der Waals surface area contributed by atoms with Crippen LogP contribution in [0.1, 0.15) is 17.2 Å². The number of benzene rings is 2. The molecule has 0 saturated carbocycles. The van der Waals surface area contributed by atoms with Crippen molar-refractivity contribution in [3.63, 3.8) is 0 Å². The van der Waals surface area contributed by atoms with Gasteiger partial charge in [0.05, 0.1) is 23.7 Å². The fourth-order valence-electron chi connectivity index (χ4n) is 2.04. The van der Waals surface area contributed by atoms with Gasteiger partial charge in [0.25, 0.3) is 0 Å². The zero-order valence-corrected chi connectivity index (χ0v) is 13.9. The van der Waals surface area contributed by atoms with E-state index in [-0.39, 0.29) is 17.0 Å². The van der Waals surface area contributed by atoms with Crippen LogP contribution >= 0.6 is 0 Å². The third-order valence-corrected chi connectivity index (χ3v) is 4.90. The van der Waals surface area contributed by atoms with E-state index in [2.05, 4.69) is 4.72 Å². The highest BCUT2D eigenvalue weighted by atomic mass is 32.2. The van der Waals surface area contributed by atoms with Crippen LogP contribution in [0.15, 0.2) is 53.4 Å². The third-order valence-electron chi connectivity index (χ3n) is 3.46. The first-order valence-corrected chi connectivity index (χ1v) is 8.61. The van der Waals surface area contributed by atoms with Gasteiger partial charge in [0.1, 0.15) is 5.75 Å². The zero-order chi connectivity index (χ0) is 18.7. The summed E-state index contributed by atoms with van der Waals surface area (Å²) in [4.78, 5) is -0.0204. The van der Waals surface area contributed by atoms with Crippen molar-refractivity contribution in [3.8, 4) is 5.75 Å². The molecule has 0 aromatic heterocycles. The Morgan fingerprint density at radius 2 is 1.64 bits per heavy atom. The molecule has 0 heterocycles. The highest BCUT2D eigenvalue weighted by Gasteiger charge is 2.30. The molecular formula is C16H16F3NO4S. The molecule has 136 valence electrons. The van der Waals surface area contributed by atoms with Crippen molar-refractivity contribution in [1.29, 1.82) is 0 Å². The van der Waals surface area contributed by atoms with Gasteiger partial charge < -0.3 is 9.84 Å². The number of methoxy groups -OCH3 is 1. The quantitative estimate of drug-likeness (QED) is 0.814. The summed E-state index contributed by atoms with van der Waals surface area (Å²) in [7, 11) is -2.42. The largest absolute Gasteiger partial charge is 0.497 e. The van der Waals surface area contributed by atoms with Crippen LogP contribution in [0, 0.1) is 0 Å². The summed E-state index contributed by atoms with van der Waals surface area (Å²) in [5.41, 5.74) is -0.673. The van der Waals surface area contributed by atoms with Gasteiger partial charge in [0.15, 0.2) is 0 Å². The molecule has 0 amide bonds. The Balaban J connectivity index is 2.03. The van der Waals surface area contributed by atoms with E-state index in [1.165, 1.54) is 31.4 Å². The lowest BCUT2D eigenvalue weighted by Gasteiger charge is -2.14. The number of alkyl halides is 3. The molecule has 1 unspecified atom stereocenters. The number of hydrogen-bond acceptors (Lipinski definition) is 4. The number of nitrogens with one attached hydrogen (secondary N) is 1. The molecule has 0 radical (unpaired) electrons. The number of hydrogen-bond donors (Lipinski definition) is 2. The van der Waals surface area contributed by atoms with Gasteiger partial charge >= 0.3 is 6.18 Å². The summed E-state index contributed by atoms with van der Waals surface area (Å²) in [6, 6.07) is 9.50. The maximum Gasteiger partial charge on any atom is 0.416 e. The van der Waals surface area contributed by atoms with E-state index in [0.29, 0.717) is 5.75 Å². The van der Waals surface area contributed by atoms with E-state index >= 15 is 0 Å². The highest BCUT2D eigenvalue weighted by Crippen LogP contribution is 2.29. The Morgan fingerprint density at radius 1 is 1.08 bits per heavy atom. The lowest BCUT2D eigenvalue weighted by Crippen LogP contribution is -2.28. The predicted octanol–water partition coefficient (Wildman–Crippen LogP) is 2.73. The van der Waals surface area contributed by atoms with Crippen molar-refractivity contribution in [1.82, 2.24) is 4.72 Å².